The minimum Gasteiger partial charge on any atom is -0.254 e. The van der Waals surface area contributed by atoms with Crippen molar-refractivity contribution in [2.75, 3.05) is 0 Å². The number of fused-ring (bicyclic) bond motifs is 9. The first-order valence-electron chi connectivity index (χ1n) is 8.38. The van der Waals surface area contributed by atoms with Crippen LogP contribution in [0.25, 0.3) is 52.8 Å². The van der Waals surface area contributed by atoms with E-state index in [1.165, 1.54) is 26.2 Å². The standard InChI is InChI=1S/C22H11ClN2S/c23-22-21-17(15-9-8-13-5-3-11-24-18(13)19(15)25-22)16-10-7-12-4-1-2-6-14(12)20(16)26-21/h1-11H. The molecule has 0 aliphatic rings. The fourth-order valence-electron chi connectivity index (χ4n) is 3.83. The molecule has 0 N–H and O–H groups in total. The number of halogens is 1. The summed E-state index contributed by atoms with van der Waals surface area (Å²) in [4.78, 5) is 9.27. The van der Waals surface area contributed by atoms with E-state index in [0.29, 0.717) is 5.15 Å². The number of rotatable bonds is 0. The van der Waals surface area contributed by atoms with Gasteiger partial charge in [0.15, 0.2) is 0 Å². The second-order valence-electron chi connectivity index (χ2n) is 6.41. The Morgan fingerprint density at radius 3 is 2.46 bits per heavy atom. The predicted octanol–water partition coefficient (Wildman–Crippen LogP) is 6.96. The molecule has 122 valence electrons. The van der Waals surface area contributed by atoms with Crippen LogP contribution in [-0.2, 0) is 0 Å². The Hall–Kier alpha value is -2.75. The van der Waals surface area contributed by atoms with Crippen LogP contribution in [0, 0.1) is 0 Å². The number of nitrogens with zero attached hydrogens (tertiary/aromatic N) is 2. The Morgan fingerprint density at radius 2 is 1.50 bits per heavy atom. The molecule has 0 aliphatic carbocycles. The molecule has 3 aromatic heterocycles. The zero-order chi connectivity index (χ0) is 17.3. The Labute approximate surface area is 157 Å². The molecular formula is C22H11ClN2S. The van der Waals surface area contributed by atoms with Gasteiger partial charge in [-0.15, -0.1) is 11.3 Å². The van der Waals surface area contributed by atoms with Crippen LogP contribution in [0.3, 0.4) is 0 Å². The first kappa shape index (κ1) is 14.4. The van der Waals surface area contributed by atoms with Crippen molar-refractivity contribution in [2.24, 2.45) is 0 Å². The van der Waals surface area contributed by atoms with Gasteiger partial charge in [-0.1, -0.05) is 66.2 Å². The molecule has 0 spiro atoms. The zero-order valence-corrected chi connectivity index (χ0v) is 15.1. The number of thiophene rings is 1. The summed E-state index contributed by atoms with van der Waals surface area (Å²) < 4.78 is 2.30. The molecular weight excluding hydrogens is 360 g/mol. The molecule has 0 bridgehead atoms. The number of hydrogen-bond acceptors (Lipinski definition) is 3. The van der Waals surface area contributed by atoms with E-state index < -0.39 is 0 Å². The van der Waals surface area contributed by atoms with Crippen LogP contribution in [0.15, 0.2) is 66.9 Å². The normalized spacial score (nSPS) is 12.0. The van der Waals surface area contributed by atoms with Gasteiger partial charge < -0.3 is 0 Å². The highest BCUT2D eigenvalue weighted by Gasteiger charge is 2.16. The van der Waals surface area contributed by atoms with Gasteiger partial charge in [-0.05, 0) is 16.8 Å². The van der Waals surface area contributed by atoms with Crippen molar-refractivity contribution in [1.29, 1.82) is 0 Å². The van der Waals surface area contributed by atoms with Crippen molar-refractivity contribution in [3.05, 3.63) is 72.0 Å². The second kappa shape index (κ2) is 5.13. The summed E-state index contributed by atoms with van der Waals surface area (Å²) in [5.74, 6) is 0. The van der Waals surface area contributed by atoms with Crippen LogP contribution in [0.2, 0.25) is 5.15 Å². The lowest BCUT2D eigenvalue weighted by atomic mass is 10.0. The molecule has 2 nitrogen and oxygen atoms in total. The van der Waals surface area contributed by atoms with Gasteiger partial charge >= 0.3 is 0 Å². The topological polar surface area (TPSA) is 25.8 Å². The summed E-state index contributed by atoms with van der Waals surface area (Å²) in [6, 6.07) is 21.1. The number of benzene rings is 3. The van der Waals surface area contributed by atoms with Crippen LogP contribution in [0.1, 0.15) is 0 Å². The van der Waals surface area contributed by atoms with E-state index in [1.807, 2.05) is 6.07 Å². The summed E-state index contributed by atoms with van der Waals surface area (Å²) in [6.07, 6.45) is 1.81. The smallest absolute Gasteiger partial charge is 0.147 e. The van der Waals surface area contributed by atoms with E-state index in [-0.39, 0.29) is 0 Å². The monoisotopic (exact) mass is 370 g/mol. The fraction of sp³-hybridized carbons (Fsp3) is 0. The van der Waals surface area contributed by atoms with Gasteiger partial charge in [0, 0.05) is 32.4 Å². The van der Waals surface area contributed by atoms with E-state index in [0.717, 1.165) is 26.5 Å². The molecule has 0 saturated carbocycles. The Kier molecular flexibility index (Phi) is 2.85. The van der Waals surface area contributed by atoms with E-state index >= 15 is 0 Å². The highest BCUT2D eigenvalue weighted by atomic mass is 35.5. The fourth-order valence-corrected chi connectivity index (χ4v) is 5.36. The summed E-state index contributed by atoms with van der Waals surface area (Å²) in [5.41, 5.74) is 1.77. The van der Waals surface area contributed by atoms with Crippen molar-refractivity contribution in [1.82, 2.24) is 9.97 Å². The number of pyridine rings is 2. The van der Waals surface area contributed by atoms with Gasteiger partial charge in [0.2, 0.25) is 0 Å². The van der Waals surface area contributed by atoms with Crippen LogP contribution >= 0.6 is 22.9 Å². The first-order chi connectivity index (χ1) is 12.8. The van der Waals surface area contributed by atoms with E-state index in [1.54, 1.807) is 17.5 Å². The largest absolute Gasteiger partial charge is 0.254 e. The highest BCUT2D eigenvalue weighted by Crippen LogP contribution is 2.44. The van der Waals surface area contributed by atoms with Crippen molar-refractivity contribution >= 4 is 75.7 Å². The molecule has 0 aliphatic heterocycles. The summed E-state index contributed by atoms with van der Waals surface area (Å²) in [7, 11) is 0. The summed E-state index contributed by atoms with van der Waals surface area (Å²) in [6.45, 7) is 0. The van der Waals surface area contributed by atoms with Crippen LogP contribution in [0.4, 0.5) is 0 Å². The predicted molar refractivity (Wildman–Crippen MR) is 112 cm³/mol. The van der Waals surface area contributed by atoms with Crippen LogP contribution in [0.5, 0.6) is 0 Å². The lowest BCUT2D eigenvalue weighted by Crippen LogP contribution is -1.86. The van der Waals surface area contributed by atoms with Crippen molar-refractivity contribution in [2.45, 2.75) is 0 Å². The molecule has 0 saturated heterocycles. The molecule has 4 heteroatoms. The molecule has 6 aromatic rings. The van der Waals surface area contributed by atoms with Crippen molar-refractivity contribution in [3.63, 3.8) is 0 Å². The zero-order valence-electron chi connectivity index (χ0n) is 13.5. The first-order valence-corrected chi connectivity index (χ1v) is 9.57. The van der Waals surface area contributed by atoms with Gasteiger partial charge in [-0.2, -0.15) is 0 Å². The van der Waals surface area contributed by atoms with E-state index in [9.17, 15) is 0 Å². The quantitative estimate of drug-likeness (QED) is 0.213. The molecule has 6 rings (SSSR count). The maximum Gasteiger partial charge on any atom is 0.147 e. The molecule has 0 fully saturated rings. The van der Waals surface area contributed by atoms with Gasteiger partial charge in [-0.25, -0.2) is 4.98 Å². The van der Waals surface area contributed by atoms with Crippen molar-refractivity contribution < 1.29 is 0 Å². The summed E-state index contributed by atoms with van der Waals surface area (Å²) >= 11 is 8.35. The third kappa shape index (κ3) is 1.82. The van der Waals surface area contributed by atoms with Crippen LogP contribution in [-0.4, -0.2) is 9.97 Å². The summed E-state index contributed by atoms with van der Waals surface area (Å²) in [5, 5.41) is 7.65. The van der Waals surface area contributed by atoms with E-state index in [4.69, 9.17) is 16.6 Å². The van der Waals surface area contributed by atoms with Gasteiger partial charge in [0.1, 0.15) is 5.15 Å². The third-order valence-corrected chi connectivity index (χ3v) is 6.63. The molecule has 3 aromatic carbocycles. The maximum atomic E-state index is 6.63. The average Bonchev–Trinajstić information content (AvgIpc) is 3.09. The lowest BCUT2D eigenvalue weighted by Gasteiger charge is -2.05. The Balaban J connectivity index is 1.92. The van der Waals surface area contributed by atoms with Crippen molar-refractivity contribution in [3.8, 4) is 0 Å². The second-order valence-corrected chi connectivity index (χ2v) is 7.79. The van der Waals surface area contributed by atoms with E-state index in [2.05, 4.69) is 59.6 Å². The molecule has 26 heavy (non-hydrogen) atoms. The highest BCUT2D eigenvalue weighted by molar-refractivity contribution is 7.27. The molecule has 0 unspecified atom stereocenters. The minimum atomic E-state index is 0.552. The SMILES string of the molecule is Clc1nc2c(ccc3cccnc32)c2c1sc1c3ccccc3ccc12. The minimum absolute atomic E-state index is 0.552. The molecule has 0 amide bonds. The Morgan fingerprint density at radius 1 is 0.692 bits per heavy atom. The molecule has 0 radical (unpaired) electrons. The Bertz CT molecular complexity index is 1500. The van der Waals surface area contributed by atoms with Crippen LogP contribution < -0.4 is 0 Å². The molecule has 0 atom stereocenters. The van der Waals surface area contributed by atoms with Gasteiger partial charge in [0.25, 0.3) is 0 Å². The van der Waals surface area contributed by atoms with Gasteiger partial charge in [-0.3, -0.25) is 4.98 Å². The number of aromatic nitrogens is 2. The van der Waals surface area contributed by atoms with Gasteiger partial charge in [0.05, 0.1) is 15.7 Å². The number of hydrogen-bond donors (Lipinski definition) is 0. The lowest BCUT2D eigenvalue weighted by molar-refractivity contribution is 1.39. The maximum absolute atomic E-state index is 6.63. The molecule has 3 heterocycles. The average molecular weight is 371 g/mol. The third-order valence-electron chi connectivity index (χ3n) is 4.99.